The lowest BCUT2D eigenvalue weighted by Gasteiger charge is -2.13. The van der Waals surface area contributed by atoms with Crippen molar-refractivity contribution in [2.75, 3.05) is 7.11 Å². The quantitative estimate of drug-likeness (QED) is 0.867. The Labute approximate surface area is 128 Å². The summed E-state index contributed by atoms with van der Waals surface area (Å²) in [5.74, 6) is -0.843. The van der Waals surface area contributed by atoms with Crippen LogP contribution in [-0.4, -0.2) is 39.8 Å². The molecular weight excluding hydrogens is 284 g/mol. The Morgan fingerprint density at radius 3 is 2.59 bits per heavy atom. The van der Waals surface area contributed by atoms with E-state index in [1.807, 2.05) is 20.8 Å². The summed E-state index contributed by atoms with van der Waals surface area (Å²) in [5, 5.41) is 7.58. The van der Waals surface area contributed by atoms with E-state index < -0.39 is 12.0 Å². The second-order valence-corrected chi connectivity index (χ2v) is 5.45. The Morgan fingerprint density at radius 2 is 2.00 bits per heavy atom. The molecule has 0 saturated heterocycles. The van der Waals surface area contributed by atoms with E-state index in [0.29, 0.717) is 22.3 Å². The Morgan fingerprint density at radius 1 is 1.32 bits per heavy atom. The van der Waals surface area contributed by atoms with E-state index in [1.54, 1.807) is 23.9 Å². The molecule has 2 heterocycles. The van der Waals surface area contributed by atoms with Gasteiger partial charge in [-0.25, -0.2) is 14.5 Å². The van der Waals surface area contributed by atoms with Gasteiger partial charge in [0, 0.05) is 11.7 Å². The van der Waals surface area contributed by atoms with E-state index in [4.69, 9.17) is 0 Å². The molecule has 1 N–H and O–H groups in total. The van der Waals surface area contributed by atoms with Crippen molar-refractivity contribution in [1.29, 1.82) is 0 Å². The second-order valence-electron chi connectivity index (χ2n) is 5.45. The lowest BCUT2D eigenvalue weighted by molar-refractivity contribution is -0.142. The fraction of sp³-hybridized carbons (Fsp3) is 0.467. The summed E-state index contributed by atoms with van der Waals surface area (Å²) >= 11 is 0. The third-order valence-electron chi connectivity index (χ3n) is 3.33. The summed E-state index contributed by atoms with van der Waals surface area (Å²) in [5.41, 5.74) is 1.82. The van der Waals surface area contributed by atoms with Crippen LogP contribution in [0.2, 0.25) is 0 Å². The first kappa shape index (κ1) is 15.9. The summed E-state index contributed by atoms with van der Waals surface area (Å²) in [6.07, 6.45) is 1.62. The van der Waals surface area contributed by atoms with E-state index in [0.717, 1.165) is 0 Å². The van der Waals surface area contributed by atoms with Crippen molar-refractivity contribution in [2.24, 2.45) is 0 Å². The maximum atomic E-state index is 12.4. The van der Waals surface area contributed by atoms with E-state index >= 15 is 0 Å². The number of carbonyl (C=O) groups is 2. The predicted molar refractivity (Wildman–Crippen MR) is 81.6 cm³/mol. The lowest BCUT2D eigenvalue weighted by atomic mass is 10.1. The van der Waals surface area contributed by atoms with Crippen LogP contribution in [0, 0.1) is 6.92 Å². The average molecular weight is 304 g/mol. The third kappa shape index (κ3) is 2.93. The van der Waals surface area contributed by atoms with Gasteiger partial charge in [-0.15, -0.1) is 0 Å². The number of aryl methyl sites for hydroxylation is 1. The zero-order valence-corrected chi connectivity index (χ0v) is 13.4. The summed E-state index contributed by atoms with van der Waals surface area (Å²) in [6, 6.07) is 1.10. The summed E-state index contributed by atoms with van der Waals surface area (Å²) < 4.78 is 6.38. The minimum atomic E-state index is -0.721. The number of fused-ring (bicyclic) bond motifs is 1. The number of esters is 1. The van der Waals surface area contributed by atoms with Gasteiger partial charge in [0.05, 0.1) is 24.3 Å². The first-order chi connectivity index (χ1) is 10.3. The Hall–Kier alpha value is -2.44. The van der Waals surface area contributed by atoms with Gasteiger partial charge < -0.3 is 10.1 Å². The van der Waals surface area contributed by atoms with Crippen LogP contribution in [0.4, 0.5) is 0 Å². The second kappa shape index (κ2) is 6.13. The van der Waals surface area contributed by atoms with Crippen molar-refractivity contribution in [3.8, 4) is 0 Å². The van der Waals surface area contributed by atoms with Gasteiger partial charge in [-0.05, 0) is 33.8 Å². The SMILES string of the molecule is COC(=O)[C@H](C)NC(=O)c1cc(C)nc2c1cnn2C(C)C. The standard InChI is InChI=1S/C15H20N4O3/c1-8(2)19-13-12(7-16-19)11(6-9(3)17-13)14(20)18-10(4)15(21)22-5/h6-8,10H,1-5H3,(H,18,20)/t10-/m0/s1. The Balaban J connectivity index is 2.43. The van der Waals surface area contributed by atoms with Crippen LogP contribution >= 0.6 is 0 Å². The van der Waals surface area contributed by atoms with Gasteiger partial charge in [0.25, 0.3) is 5.91 Å². The normalized spacial score (nSPS) is 12.5. The van der Waals surface area contributed by atoms with E-state index in [9.17, 15) is 9.59 Å². The maximum absolute atomic E-state index is 12.4. The van der Waals surface area contributed by atoms with E-state index in [1.165, 1.54) is 7.11 Å². The Kier molecular flexibility index (Phi) is 4.44. The third-order valence-corrected chi connectivity index (χ3v) is 3.33. The van der Waals surface area contributed by atoms with Crippen LogP contribution in [0.3, 0.4) is 0 Å². The highest BCUT2D eigenvalue weighted by Crippen LogP contribution is 2.21. The fourth-order valence-corrected chi connectivity index (χ4v) is 2.22. The monoisotopic (exact) mass is 304 g/mol. The van der Waals surface area contributed by atoms with Gasteiger partial charge in [-0.1, -0.05) is 0 Å². The molecular formula is C15H20N4O3. The number of hydrogen-bond acceptors (Lipinski definition) is 5. The minimum Gasteiger partial charge on any atom is -0.467 e. The average Bonchev–Trinajstić information content (AvgIpc) is 2.88. The van der Waals surface area contributed by atoms with Crippen LogP contribution in [0.5, 0.6) is 0 Å². The van der Waals surface area contributed by atoms with Gasteiger partial charge in [0.2, 0.25) is 0 Å². The molecule has 0 aliphatic heterocycles. The van der Waals surface area contributed by atoms with Crippen LogP contribution in [0.25, 0.3) is 11.0 Å². The number of carbonyl (C=O) groups excluding carboxylic acids is 2. The van der Waals surface area contributed by atoms with Crippen molar-refractivity contribution in [3.05, 3.63) is 23.5 Å². The number of pyridine rings is 1. The molecule has 0 fully saturated rings. The van der Waals surface area contributed by atoms with E-state index in [2.05, 4.69) is 20.1 Å². The summed E-state index contributed by atoms with van der Waals surface area (Å²) in [4.78, 5) is 28.3. The number of hydrogen-bond donors (Lipinski definition) is 1. The summed E-state index contributed by atoms with van der Waals surface area (Å²) in [7, 11) is 1.28. The van der Waals surface area contributed by atoms with Gasteiger partial charge >= 0.3 is 5.97 Å². The highest BCUT2D eigenvalue weighted by Gasteiger charge is 2.21. The van der Waals surface area contributed by atoms with Crippen molar-refractivity contribution in [3.63, 3.8) is 0 Å². The van der Waals surface area contributed by atoms with Crippen LogP contribution in [0.1, 0.15) is 42.9 Å². The topological polar surface area (TPSA) is 86.1 Å². The van der Waals surface area contributed by atoms with Crippen molar-refractivity contribution < 1.29 is 14.3 Å². The molecule has 0 aromatic carbocycles. The number of ether oxygens (including phenoxy) is 1. The molecule has 0 aliphatic carbocycles. The molecule has 2 rings (SSSR count). The van der Waals surface area contributed by atoms with E-state index in [-0.39, 0.29) is 11.9 Å². The van der Waals surface area contributed by atoms with Crippen molar-refractivity contribution in [2.45, 2.75) is 39.8 Å². The highest BCUT2D eigenvalue weighted by molar-refractivity contribution is 6.06. The molecule has 0 aliphatic rings. The largest absolute Gasteiger partial charge is 0.467 e. The summed E-state index contributed by atoms with van der Waals surface area (Å²) in [6.45, 7) is 7.38. The highest BCUT2D eigenvalue weighted by atomic mass is 16.5. The van der Waals surface area contributed by atoms with Gasteiger partial charge in [-0.3, -0.25) is 4.79 Å². The number of rotatable bonds is 4. The van der Waals surface area contributed by atoms with Crippen LogP contribution in [-0.2, 0) is 9.53 Å². The zero-order valence-electron chi connectivity index (χ0n) is 13.4. The molecule has 118 valence electrons. The molecule has 2 aromatic heterocycles. The molecule has 0 spiro atoms. The molecule has 0 bridgehead atoms. The molecule has 7 heteroatoms. The van der Waals surface area contributed by atoms with Crippen molar-refractivity contribution in [1.82, 2.24) is 20.1 Å². The molecule has 0 radical (unpaired) electrons. The zero-order chi connectivity index (χ0) is 16.4. The Bertz CT molecular complexity index is 721. The molecule has 22 heavy (non-hydrogen) atoms. The number of nitrogens with one attached hydrogen (secondary N) is 1. The molecule has 1 atom stereocenters. The molecule has 7 nitrogen and oxygen atoms in total. The molecule has 0 unspecified atom stereocenters. The van der Waals surface area contributed by atoms with Gasteiger partial charge in [0.1, 0.15) is 6.04 Å². The minimum absolute atomic E-state index is 0.136. The lowest BCUT2D eigenvalue weighted by Crippen LogP contribution is -2.39. The smallest absolute Gasteiger partial charge is 0.328 e. The molecule has 1 amide bonds. The first-order valence-corrected chi connectivity index (χ1v) is 7.08. The van der Waals surface area contributed by atoms with Crippen LogP contribution in [0.15, 0.2) is 12.3 Å². The number of amides is 1. The van der Waals surface area contributed by atoms with Crippen molar-refractivity contribution >= 4 is 22.9 Å². The molecule has 2 aromatic rings. The molecule has 0 saturated carbocycles. The van der Waals surface area contributed by atoms with Crippen LogP contribution < -0.4 is 5.32 Å². The first-order valence-electron chi connectivity index (χ1n) is 7.08. The predicted octanol–water partition coefficient (Wildman–Crippen LogP) is 1.61. The van der Waals surface area contributed by atoms with Gasteiger partial charge in [-0.2, -0.15) is 5.10 Å². The number of nitrogens with zero attached hydrogens (tertiary/aromatic N) is 3. The van der Waals surface area contributed by atoms with Gasteiger partial charge in [0.15, 0.2) is 5.65 Å². The number of methoxy groups -OCH3 is 1. The maximum Gasteiger partial charge on any atom is 0.328 e. The fourth-order valence-electron chi connectivity index (χ4n) is 2.22. The number of aromatic nitrogens is 3.